The second-order valence-electron chi connectivity index (χ2n) is 5.07. The van der Waals surface area contributed by atoms with Gasteiger partial charge in [0, 0.05) is 40.5 Å². The molecular weight excluding hydrogens is 280 g/mol. The highest BCUT2D eigenvalue weighted by Crippen LogP contribution is 2.29. The van der Waals surface area contributed by atoms with Gasteiger partial charge >= 0.3 is 0 Å². The first kappa shape index (κ1) is 15.0. The average molecular weight is 301 g/mol. The van der Waals surface area contributed by atoms with E-state index in [0.717, 1.165) is 36.0 Å². The standard InChI is InChI=1S/C14H21ClN2OS/c1-10(2)17-5-6-18-12(8-17)9-19-14-4-3-11(15)7-13(14)16/h3-4,7,10,12H,5-6,8-9,16H2,1-2H3. The van der Waals surface area contributed by atoms with Gasteiger partial charge < -0.3 is 10.5 Å². The Morgan fingerprint density at radius 3 is 3.00 bits per heavy atom. The Morgan fingerprint density at radius 2 is 2.32 bits per heavy atom. The molecule has 2 rings (SSSR count). The predicted molar refractivity (Wildman–Crippen MR) is 83.0 cm³/mol. The van der Waals surface area contributed by atoms with Crippen LogP contribution in [0.3, 0.4) is 0 Å². The molecule has 1 unspecified atom stereocenters. The number of nitrogens with zero attached hydrogens (tertiary/aromatic N) is 1. The highest BCUT2D eigenvalue weighted by atomic mass is 35.5. The number of morpholine rings is 1. The molecular formula is C14H21ClN2OS. The maximum absolute atomic E-state index is 5.96. The van der Waals surface area contributed by atoms with Crippen LogP contribution in [-0.4, -0.2) is 42.5 Å². The number of anilines is 1. The number of hydrogen-bond donors (Lipinski definition) is 1. The lowest BCUT2D eigenvalue weighted by molar-refractivity contribution is -0.0265. The summed E-state index contributed by atoms with van der Waals surface area (Å²) in [4.78, 5) is 3.54. The molecule has 1 aliphatic heterocycles. The van der Waals surface area contributed by atoms with E-state index in [1.165, 1.54) is 0 Å². The molecule has 106 valence electrons. The van der Waals surface area contributed by atoms with Crippen molar-refractivity contribution in [3.63, 3.8) is 0 Å². The summed E-state index contributed by atoms with van der Waals surface area (Å²) in [6.07, 6.45) is 0.274. The van der Waals surface area contributed by atoms with Crippen molar-refractivity contribution < 1.29 is 4.74 Å². The Labute approximate surface area is 124 Å². The molecule has 1 atom stereocenters. The molecule has 5 heteroatoms. The monoisotopic (exact) mass is 300 g/mol. The van der Waals surface area contributed by atoms with Crippen molar-refractivity contribution >= 4 is 29.1 Å². The van der Waals surface area contributed by atoms with Gasteiger partial charge in [-0.1, -0.05) is 11.6 Å². The van der Waals surface area contributed by atoms with Gasteiger partial charge in [-0.3, -0.25) is 4.90 Å². The SMILES string of the molecule is CC(C)N1CCOC(CSc2ccc(Cl)cc2N)C1. The molecule has 0 spiro atoms. The summed E-state index contributed by atoms with van der Waals surface area (Å²) in [6, 6.07) is 6.23. The largest absolute Gasteiger partial charge is 0.398 e. The van der Waals surface area contributed by atoms with Gasteiger partial charge in [-0.2, -0.15) is 0 Å². The maximum atomic E-state index is 5.96. The van der Waals surface area contributed by atoms with Crippen LogP contribution in [-0.2, 0) is 4.74 Å². The van der Waals surface area contributed by atoms with E-state index in [2.05, 4.69) is 18.7 Å². The molecule has 1 aromatic rings. The fourth-order valence-electron chi connectivity index (χ4n) is 2.15. The third-order valence-electron chi connectivity index (χ3n) is 3.30. The molecule has 0 bridgehead atoms. The molecule has 1 aromatic carbocycles. The Bertz CT molecular complexity index is 428. The van der Waals surface area contributed by atoms with Crippen LogP contribution < -0.4 is 5.73 Å². The Balaban J connectivity index is 1.88. The molecule has 1 saturated heterocycles. The van der Waals surface area contributed by atoms with Crippen molar-refractivity contribution in [2.45, 2.75) is 30.9 Å². The summed E-state index contributed by atoms with van der Waals surface area (Å²) in [5.74, 6) is 0.926. The topological polar surface area (TPSA) is 38.5 Å². The van der Waals surface area contributed by atoms with Crippen LogP contribution in [0.25, 0.3) is 0 Å². The van der Waals surface area contributed by atoms with Gasteiger partial charge in [0.15, 0.2) is 0 Å². The fourth-order valence-corrected chi connectivity index (χ4v) is 3.28. The lowest BCUT2D eigenvalue weighted by atomic mass is 10.2. The lowest BCUT2D eigenvalue weighted by Crippen LogP contribution is -2.46. The van der Waals surface area contributed by atoms with E-state index >= 15 is 0 Å². The number of hydrogen-bond acceptors (Lipinski definition) is 4. The van der Waals surface area contributed by atoms with Gasteiger partial charge in [-0.15, -0.1) is 11.8 Å². The Hall–Kier alpha value is -0.420. The van der Waals surface area contributed by atoms with Crippen molar-refractivity contribution in [3.05, 3.63) is 23.2 Å². The second-order valence-corrected chi connectivity index (χ2v) is 6.57. The summed E-state index contributed by atoms with van der Waals surface area (Å²) >= 11 is 7.64. The highest BCUT2D eigenvalue weighted by Gasteiger charge is 2.22. The second kappa shape index (κ2) is 6.84. The minimum Gasteiger partial charge on any atom is -0.398 e. The third kappa shape index (κ3) is 4.28. The van der Waals surface area contributed by atoms with Crippen molar-refractivity contribution in [1.29, 1.82) is 0 Å². The van der Waals surface area contributed by atoms with E-state index in [0.29, 0.717) is 11.1 Å². The average Bonchev–Trinajstić information content (AvgIpc) is 2.38. The summed E-state index contributed by atoms with van der Waals surface area (Å²) in [6.45, 7) is 7.30. The number of benzene rings is 1. The zero-order valence-electron chi connectivity index (χ0n) is 11.4. The highest BCUT2D eigenvalue weighted by molar-refractivity contribution is 7.99. The van der Waals surface area contributed by atoms with Crippen molar-refractivity contribution in [2.75, 3.05) is 31.2 Å². The maximum Gasteiger partial charge on any atom is 0.0796 e. The van der Waals surface area contributed by atoms with Crippen molar-refractivity contribution in [1.82, 2.24) is 4.90 Å². The van der Waals surface area contributed by atoms with Gasteiger partial charge in [0.25, 0.3) is 0 Å². The van der Waals surface area contributed by atoms with Crippen molar-refractivity contribution in [3.8, 4) is 0 Å². The van der Waals surface area contributed by atoms with Crippen LogP contribution in [0.2, 0.25) is 5.02 Å². The van der Waals surface area contributed by atoms with Gasteiger partial charge in [0.2, 0.25) is 0 Å². The van der Waals surface area contributed by atoms with Gasteiger partial charge in [-0.25, -0.2) is 0 Å². The zero-order valence-corrected chi connectivity index (χ0v) is 13.0. The van der Waals surface area contributed by atoms with Gasteiger partial charge in [0.05, 0.1) is 12.7 Å². The quantitative estimate of drug-likeness (QED) is 0.685. The van der Waals surface area contributed by atoms with Crippen LogP contribution in [0.5, 0.6) is 0 Å². The number of nitrogen functional groups attached to an aromatic ring is 1. The Morgan fingerprint density at radius 1 is 1.53 bits per heavy atom. The molecule has 1 heterocycles. The summed E-state index contributed by atoms with van der Waals surface area (Å²) in [5.41, 5.74) is 6.70. The molecule has 0 saturated carbocycles. The molecule has 19 heavy (non-hydrogen) atoms. The number of nitrogens with two attached hydrogens (primary N) is 1. The molecule has 3 nitrogen and oxygen atoms in total. The summed E-state index contributed by atoms with van der Waals surface area (Å²) in [7, 11) is 0. The smallest absolute Gasteiger partial charge is 0.0796 e. The molecule has 0 aliphatic carbocycles. The zero-order chi connectivity index (χ0) is 13.8. The van der Waals surface area contributed by atoms with E-state index in [1.54, 1.807) is 17.8 Å². The first-order chi connectivity index (χ1) is 9.06. The summed E-state index contributed by atoms with van der Waals surface area (Å²) < 4.78 is 5.81. The van der Waals surface area contributed by atoms with E-state index < -0.39 is 0 Å². The third-order valence-corrected chi connectivity index (χ3v) is 4.75. The molecule has 1 fully saturated rings. The van der Waals surface area contributed by atoms with Gasteiger partial charge in [0.1, 0.15) is 0 Å². The first-order valence-corrected chi connectivity index (χ1v) is 7.96. The molecule has 0 amide bonds. The number of rotatable bonds is 4. The van der Waals surface area contributed by atoms with Crippen LogP contribution in [0.4, 0.5) is 5.69 Å². The Kier molecular flexibility index (Phi) is 5.39. The van der Waals surface area contributed by atoms with Crippen LogP contribution in [0.15, 0.2) is 23.1 Å². The van der Waals surface area contributed by atoms with E-state index in [-0.39, 0.29) is 6.10 Å². The van der Waals surface area contributed by atoms with Crippen LogP contribution in [0.1, 0.15) is 13.8 Å². The number of halogens is 1. The van der Waals surface area contributed by atoms with Crippen molar-refractivity contribution in [2.24, 2.45) is 0 Å². The minimum atomic E-state index is 0.274. The lowest BCUT2D eigenvalue weighted by Gasteiger charge is -2.35. The fraction of sp³-hybridized carbons (Fsp3) is 0.571. The number of thioether (sulfide) groups is 1. The molecule has 1 aliphatic rings. The number of ether oxygens (including phenoxy) is 1. The molecule has 0 radical (unpaired) electrons. The van der Waals surface area contributed by atoms with E-state index in [4.69, 9.17) is 22.1 Å². The van der Waals surface area contributed by atoms with Gasteiger partial charge in [-0.05, 0) is 32.0 Å². The minimum absolute atomic E-state index is 0.274. The normalized spacial score (nSPS) is 20.9. The molecule has 2 N–H and O–H groups in total. The first-order valence-electron chi connectivity index (χ1n) is 6.59. The van der Waals surface area contributed by atoms with E-state index in [9.17, 15) is 0 Å². The van der Waals surface area contributed by atoms with Crippen LogP contribution >= 0.6 is 23.4 Å². The molecule has 0 aromatic heterocycles. The van der Waals surface area contributed by atoms with Crippen LogP contribution in [0, 0.1) is 0 Å². The summed E-state index contributed by atoms with van der Waals surface area (Å²) in [5, 5.41) is 0.682. The predicted octanol–water partition coefficient (Wildman–Crippen LogP) is 3.12. The van der Waals surface area contributed by atoms with E-state index in [1.807, 2.05) is 12.1 Å².